The van der Waals surface area contributed by atoms with Crippen LogP contribution in [0.5, 0.6) is 0 Å². The Labute approximate surface area is 113 Å². The summed E-state index contributed by atoms with van der Waals surface area (Å²) < 4.78 is 0.635. The topological polar surface area (TPSA) is 94.1 Å². The first-order valence-corrected chi connectivity index (χ1v) is 6.61. The van der Waals surface area contributed by atoms with E-state index in [2.05, 4.69) is 26.2 Å². The van der Waals surface area contributed by atoms with Crippen LogP contribution in [0.15, 0.2) is 10.7 Å². The Morgan fingerprint density at radius 2 is 2.33 bits per heavy atom. The number of nitro groups is 1. The minimum atomic E-state index is -0.432. The Morgan fingerprint density at radius 1 is 1.61 bits per heavy atom. The fourth-order valence-electron chi connectivity index (χ4n) is 2.20. The molecule has 1 aromatic rings. The summed E-state index contributed by atoms with van der Waals surface area (Å²) in [6.45, 7) is 1.70. The van der Waals surface area contributed by atoms with Crippen LogP contribution < -0.4 is 11.1 Å². The summed E-state index contributed by atoms with van der Waals surface area (Å²) in [5.41, 5.74) is 6.57. The standard InChI is InChI=1S/C11H15BrN4O2/c1-6-9(16(17)18)5-14-11(10(6)12)15-8-4-2-3-7(8)13/h5,7-8H,2-4,13H2,1H3,(H,14,15). The first kappa shape index (κ1) is 13.2. The van der Waals surface area contributed by atoms with Crippen molar-refractivity contribution >= 4 is 27.4 Å². The van der Waals surface area contributed by atoms with Crippen molar-refractivity contribution in [3.05, 3.63) is 26.3 Å². The van der Waals surface area contributed by atoms with Gasteiger partial charge in [-0.1, -0.05) is 0 Å². The lowest BCUT2D eigenvalue weighted by Gasteiger charge is -2.19. The Morgan fingerprint density at radius 3 is 2.89 bits per heavy atom. The van der Waals surface area contributed by atoms with Gasteiger partial charge in [0.1, 0.15) is 12.0 Å². The van der Waals surface area contributed by atoms with Crippen molar-refractivity contribution in [2.45, 2.75) is 38.3 Å². The van der Waals surface area contributed by atoms with Crippen LogP contribution in [-0.4, -0.2) is 22.0 Å². The monoisotopic (exact) mass is 314 g/mol. The molecular formula is C11H15BrN4O2. The van der Waals surface area contributed by atoms with E-state index < -0.39 is 4.92 Å². The molecule has 2 unspecified atom stereocenters. The molecule has 98 valence electrons. The van der Waals surface area contributed by atoms with Crippen LogP contribution in [-0.2, 0) is 0 Å². The third-order valence-corrected chi connectivity index (χ3v) is 4.30. The third-order valence-electron chi connectivity index (χ3n) is 3.33. The van der Waals surface area contributed by atoms with E-state index in [0.717, 1.165) is 19.3 Å². The Kier molecular flexibility index (Phi) is 3.82. The smallest absolute Gasteiger partial charge is 0.291 e. The van der Waals surface area contributed by atoms with Gasteiger partial charge in [0, 0.05) is 17.6 Å². The van der Waals surface area contributed by atoms with Crippen molar-refractivity contribution < 1.29 is 4.92 Å². The molecule has 1 saturated carbocycles. The normalized spacial score (nSPS) is 23.1. The maximum absolute atomic E-state index is 10.8. The molecule has 1 heterocycles. The van der Waals surface area contributed by atoms with Crippen LogP contribution in [0.1, 0.15) is 24.8 Å². The SMILES string of the molecule is Cc1c([N+](=O)[O-])cnc(NC2CCCC2N)c1Br. The van der Waals surface area contributed by atoms with Crippen LogP contribution in [0.3, 0.4) is 0 Å². The molecule has 18 heavy (non-hydrogen) atoms. The van der Waals surface area contributed by atoms with E-state index in [9.17, 15) is 10.1 Å². The zero-order chi connectivity index (χ0) is 13.3. The second kappa shape index (κ2) is 5.19. The van der Waals surface area contributed by atoms with E-state index in [-0.39, 0.29) is 17.8 Å². The Balaban J connectivity index is 2.24. The maximum atomic E-state index is 10.8. The predicted octanol–water partition coefficient (Wildman–Crippen LogP) is 2.35. The maximum Gasteiger partial charge on any atom is 0.291 e. The largest absolute Gasteiger partial charge is 0.365 e. The lowest BCUT2D eigenvalue weighted by atomic mass is 10.2. The number of aromatic nitrogens is 1. The van der Waals surface area contributed by atoms with Crippen molar-refractivity contribution in [3.63, 3.8) is 0 Å². The molecule has 0 aromatic carbocycles. The fourth-order valence-corrected chi connectivity index (χ4v) is 2.62. The first-order chi connectivity index (χ1) is 8.50. The van der Waals surface area contributed by atoms with Gasteiger partial charge >= 0.3 is 0 Å². The summed E-state index contributed by atoms with van der Waals surface area (Å²) in [4.78, 5) is 14.5. The van der Waals surface area contributed by atoms with Crippen LogP contribution >= 0.6 is 15.9 Å². The van der Waals surface area contributed by atoms with Crippen molar-refractivity contribution in [1.29, 1.82) is 0 Å². The second-order valence-corrected chi connectivity index (χ2v) is 5.33. The summed E-state index contributed by atoms with van der Waals surface area (Å²) in [6.07, 6.45) is 4.39. The number of rotatable bonds is 3. The van der Waals surface area contributed by atoms with E-state index in [1.54, 1.807) is 6.92 Å². The zero-order valence-corrected chi connectivity index (χ0v) is 11.6. The molecule has 2 atom stereocenters. The molecular weight excluding hydrogens is 300 g/mol. The third kappa shape index (κ3) is 2.46. The molecule has 1 aliphatic carbocycles. The van der Waals surface area contributed by atoms with Gasteiger partial charge in [0.25, 0.3) is 5.69 Å². The van der Waals surface area contributed by atoms with E-state index in [4.69, 9.17) is 5.73 Å². The second-order valence-electron chi connectivity index (χ2n) is 4.53. The van der Waals surface area contributed by atoms with Crippen molar-refractivity contribution in [1.82, 2.24) is 4.98 Å². The number of halogens is 1. The average molecular weight is 315 g/mol. The van der Waals surface area contributed by atoms with E-state index in [1.165, 1.54) is 6.20 Å². The molecule has 1 fully saturated rings. The Hall–Kier alpha value is -1.21. The predicted molar refractivity (Wildman–Crippen MR) is 72.6 cm³/mol. The lowest BCUT2D eigenvalue weighted by molar-refractivity contribution is -0.385. The van der Waals surface area contributed by atoms with Gasteiger partial charge < -0.3 is 11.1 Å². The van der Waals surface area contributed by atoms with Crippen molar-refractivity contribution in [2.24, 2.45) is 5.73 Å². The van der Waals surface area contributed by atoms with Gasteiger partial charge in [0.2, 0.25) is 0 Å². The summed E-state index contributed by atoms with van der Waals surface area (Å²) in [5, 5.41) is 14.0. The van der Waals surface area contributed by atoms with Crippen LogP contribution in [0.25, 0.3) is 0 Å². The van der Waals surface area contributed by atoms with Crippen LogP contribution in [0.2, 0.25) is 0 Å². The number of hydrogen-bond acceptors (Lipinski definition) is 5. The number of anilines is 1. The van der Waals surface area contributed by atoms with Gasteiger partial charge in [0.15, 0.2) is 0 Å². The average Bonchev–Trinajstić information content (AvgIpc) is 2.70. The van der Waals surface area contributed by atoms with E-state index in [1.807, 2.05) is 0 Å². The van der Waals surface area contributed by atoms with Crippen molar-refractivity contribution in [2.75, 3.05) is 5.32 Å². The number of pyridine rings is 1. The minimum Gasteiger partial charge on any atom is -0.365 e. The van der Waals surface area contributed by atoms with Gasteiger partial charge in [-0.15, -0.1) is 0 Å². The van der Waals surface area contributed by atoms with Gasteiger partial charge in [-0.2, -0.15) is 0 Å². The quantitative estimate of drug-likeness (QED) is 0.659. The molecule has 0 aliphatic heterocycles. The Bertz CT molecular complexity index is 480. The number of hydrogen-bond donors (Lipinski definition) is 2. The number of nitrogens with zero attached hydrogens (tertiary/aromatic N) is 2. The van der Waals surface area contributed by atoms with E-state index in [0.29, 0.717) is 15.9 Å². The highest BCUT2D eigenvalue weighted by Crippen LogP contribution is 2.32. The number of nitrogens with one attached hydrogen (secondary N) is 1. The molecule has 0 amide bonds. The van der Waals surface area contributed by atoms with Gasteiger partial charge in [0.05, 0.1) is 9.40 Å². The first-order valence-electron chi connectivity index (χ1n) is 5.82. The summed E-state index contributed by atoms with van der Waals surface area (Å²) in [7, 11) is 0. The molecule has 1 aromatic heterocycles. The molecule has 6 nitrogen and oxygen atoms in total. The summed E-state index contributed by atoms with van der Waals surface area (Å²) in [5.74, 6) is 0.625. The molecule has 7 heteroatoms. The molecule has 1 aliphatic rings. The summed E-state index contributed by atoms with van der Waals surface area (Å²) in [6, 6.07) is 0.309. The van der Waals surface area contributed by atoms with Gasteiger partial charge in [-0.3, -0.25) is 10.1 Å². The number of nitrogens with two attached hydrogens (primary N) is 1. The fraction of sp³-hybridized carbons (Fsp3) is 0.545. The molecule has 0 bridgehead atoms. The summed E-state index contributed by atoms with van der Waals surface area (Å²) >= 11 is 3.36. The minimum absolute atomic E-state index is 0.0168. The zero-order valence-electron chi connectivity index (χ0n) is 10.0. The molecule has 3 N–H and O–H groups in total. The van der Waals surface area contributed by atoms with Crippen molar-refractivity contribution in [3.8, 4) is 0 Å². The van der Waals surface area contributed by atoms with Gasteiger partial charge in [-0.25, -0.2) is 4.98 Å². The molecule has 0 spiro atoms. The molecule has 0 radical (unpaired) electrons. The molecule has 0 saturated heterocycles. The highest BCUT2D eigenvalue weighted by atomic mass is 79.9. The lowest BCUT2D eigenvalue weighted by Crippen LogP contribution is -2.35. The van der Waals surface area contributed by atoms with E-state index >= 15 is 0 Å². The molecule has 2 rings (SSSR count). The van der Waals surface area contributed by atoms with Gasteiger partial charge in [-0.05, 0) is 42.1 Å². The highest BCUT2D eigenvalue weighted by molar-refractivity contribution is 9.10. The van der Waals surface area contributed by atoms with Crippen LogP contribution in [0.4, 0.5) is 11.5 Å². The highest BCUT2D eigenvalue weighted by Gasteiger charge is 2.26. The van der Waals surface area contributed by atoms with Crippen LogP contribution in [0, 0.1) is 17.0 Å².